The van der Waals surface area contributed by atoms with Crippen LogP contribution in [0.25, 0.3) is 0 Å². The highest BCUT2D eigenvalue weighted by molar-refractivity contribution is 5.89. The predicted octanol–water partition coefficient (Wildman–Crippen LogP) is 3.55. The van der Waals surface area contributed by atoms with Crippen molar-refractivity contribution < 1.29 is 28.6 Å². The summed E-state index contributed by atoms with van der Waals surface area (Å²) in [7, 11) is 0. The highest BCUT2D eigenvalue weighted by Gasteiger charge is 2.17. The molecule has 178 valence electrons. The van der Waals surface area contributed by atoms with Gasteiger partial charge in [-0.05, 0) is 60.2 Å². The molecule has 0 aliphatic rings. The lowest BCUT2D eigenvalue weighted by atomic mass is 9.82. The lowest BCUT2D eigenvalue weighted by molar-refractivity contribution is -0.131. The molecule has 0 bridgehead atoms. The van der Waals surface area contributed by atoms with E-state index in [0.717, 1.165) is 12.8 Å². The molecule has 0 saturated heterocycles. The highest BCUT2D eigenvalue weighted by atomic mass is 16.5. The number of hydrogen-bond acceptors (Lipinski definition) is 6. The molecule has 0 aliphatic carbocycles. The minimum atomic E-state index is -0.541. The topological polar surface area (TPSA) is 103 Å². The van der Waals surface area contributed by atoms with Crippen LogP contribution in [0.15, 0.2) is 48.5 Å². The number of ether oxygens (including phenoxy) is 3. The van der Waals surface area contributed by atoms with Crippen LogP contribution in [0.5, 0.6) is 11.5 Å². The van der Waals surface area contributed by atoms with Gasteiger partial charge in [0.1, 0.15) is 11.5 Å². The van der Waals surface area contributed by atoms with Crippen molar-refractivity contribution in [1.82, 2.24) is 10.9 Å². The number of benzene rings is 2. The summed E-state index contributed by atoms with van der Waals surface area (Å²) in [6, 6.07) is 13.8. The van der Waals surface area contributed by atoms with Crippen molar-refractivity contribution in [3.05, 3.63) is 59.7 Å². The molecule has 2 aromatic rings. The van der Waals surface area contributed by atoms with E-state index >= 15 is 0 Å². The van der Waals surface area contributed by atoms with Crippen molar-refractivity contribution in [2.24, 2.45) is 0 Å². The Morgan fingerprint density at radius 2 is 1.27 bits per heavy atom. The predicted molar refractivity (Wildman–Crippen MR) is 124 cm³/mol. The number of carbonyl (C=O) groups is 3. The van der Waals surface area contributed by atoms with E-state index in [1.165, 1.54) is 5.56 Å². The summed E-state index contributed by atoms with van der Waals surface area (Å²) < 4.78 is 15.8. The molecule has 0 aromatic heterocycles. The molecule has 2 N–H and O–H groups in total. The number of rotatable bonds is 11. The zero-order chi connectivity index (χ0) is 24.3. The van der Waals surface area contributed by atoms with Crippen LogP contribution in [-0.4, -0.2) is 37.6 Å². The molecule has 0 atom stereocenters. The van der Waals surface area contributed by atoms with Gasteiger partial charge in [-0.3, -0.25) is 20.4 Å². The molecular weight excluding hydrogens is 424 g/mol. The molecule has 2 aromatic carbocycles. The van der Waals surface area contributed by atoms with Crippen molar-refractivity contribution in [3.63, 3.8) is 0 Å². The number of esters is 1. The van der Waals surface area contributed by atoms with Crippen LogP contribution in [0.2, 0.25) is 0 Å². The van der Waals surface area contributed by atoms with Gasteiger partial charge >= 0.3 is 5.97 Å². The van der Waals surface area contributed by atoms with Gasteiger partial charge in [0.05, 0.1) is 12.2 Å². The maximum Gasteiger partial charge on any atom is 0.338 e. The normalized spacial score (nSPS) is 10.8. The van der Waals surface area contributed by atoms with Crippen molar-refractivity contribution in [2.75, 3.05) is 19.8 Å². The summed E-state index contributed by atoms with van der Waals surface area (Å²) in [6.45, 7) is 8.19. The summed E-state index contributed by atoms with van der Waals surface area (Å²) in [5.41, 5.74) is 6.20. The van der Waals surface area contributed by atoms with E-state index in [9.17, 15) is 14.4 Å². The molecule has 33 heavy (non-hydrogen) atoms. The van der Waals surface area contributed by atoms with Crippen LogP contribution in [0.4, 0.5) is 0 Å². The quantitative estimate of drug-likeness (QED) is 0.396. The van der Waals surface area contributed by atoms with Crippen molar-refractivity contribution in [1.29, 1.82) is 0 Å². The van der Waals surface area contributed by atoms with E-state index in [1.807, 2.05) is 31.2 Å². The zero-order valence-electron chi connectivity index (χ0n) is 19.6. The molecule has 0 heterocycles. The van der Waals surface area contributed by atoms with Gasteiger partial charge in [0, 0.05) is 0 Å². The summed E-state index contributed by atoms with van der Waals surface area (Å²) in [4.78, 5) is 35.6. The van der Waals surface area contributed by atoms with Crippen LogP contribution in [-0.2, 0) is 19.7 Å². The van der Waals surface area contributed by atoms with E-state index in [-0.39, 0.29) is 18.6 Å². The molecule has 0 fully saturated rings. The third-order valence-electron chi connectivity index (χ3n) is 5.13. The van der Waals surface area contributed by atoms with E-state index in [4.69, 9.17) is 14.2 Å². The Morgan fingerprint density at radius 1 is 0.788 bits per heavy atom. The van der Waals surface area contributed by atoms with Crippen molar-refractivity contribution >= 4 is 17.8 Å². The minimum absolute atomic E-state index is 0.0742. The lowest BCUT2D eigenvalue weighted by Gasteiger charge is -2.23. The minimum Gasteiger partial charge on any atom is -0.484 e. The molecule has 0 radical (unpaired) electrons. The third kappa shape index (κ3) is 8.48. The molecule has 0 saturated carbocycles. The average molecular weight is 457 g/mol. The van der Waals surface area contributed by atoms with Crippen molar-refractivity contribution in [3.8, 4) is 11.5 Å². The fraction of sp³-hybridized carbons (Fsp3) is 0.400. The first-order valence-corrected chi connectivity index (χ1v) is 11.0. The molecule has 0 unspecified atom stereocenters. The Labute approximate surface area is 194 Å². The monoisotopic (exact) mass is 456 g/mol. The van der Waals surface area contributed by atoms with Crippen LogP contribution in [0.3, 0.4) is 0 Å². The van der Waals surface area contributed by atoms with Gasteiger partial charge < -0.3 is 14.2 Å². The fourth-order valence-corrected chi connectivity index (χ4v) is 2.68. The number of nitrogens with one attached hydrogen (secondary N) is 2. The second-order valence-corrected chi connectivity index (χ2v) is 8.10. The number of hydrogen-bond donors (Lipinski definition) is 2. The molecule has 0 aliphatic heterocycles. The summed E-state index contributed by atoms with van der Waals surface area (Å²) in [5.74, 6) is -0.483. The number of carbonyl (C=O) groups excluding carboxylic acids is 3. The zero-order valence-corrected chi connectivity index (χ0v) is 19.6. The lowest BCUT2D eigenvalue weighted by Crippen LogP contribution is -2.45. The van der Waals surface area contributed by atoms with E-state index in [2.05, 4.69) is 31.6 Å². The van der Waals surface area contributed by atoms with Crippen LogP contribution in [0.1, 0.15) is 56.5 Å². The second-order valence-electron chi connectivity index (χ2n) is 8.10. The molecule has 2 amide bonds. The van der Waals surface area contributed by atoms with Gasteiger partial charge in [-0.25, -0.2) is 4.79 Å². The second kappa shape index (κ2) is 12.5. The standard InChI is InChI=1S/C25H32N2O6/c1-5-15-31-24(30)18-7-11-20(12-8-18)32-16-22(28)26-27-23(29)17-33-21-13-9-19(10-14-21)25(3,4)6-2/h7-14H,5-6,15-17H2,1-4H3,(H,26,28)(H,27,29). The highest BCUT2D eigenvalue weighted by Crippen LogP contribution is 2.28. The van der Waals surface area contributed by atoms with E-state index < -0.39 is 17.8 Å². The third-order valence-corrected chi connectivity index (χ3v) is 5.13. The SMILES string of the molecule is CCCOC(=O)c1ccc(OCC(=O)NNC(=O)COc2ccc(C(C)(C)CC)cc2)cc1. The summed E-state index contributed by atoms with van der Waals surface area (Å²) in [5, 5.41) is 0. The van der Waals surface area contributed by atoms with Gasteiger partial charge in [-0.15, -0.1) is 0 Å². The molecule has 2 rings (SSSR count). The van der Waals surface area contributed by atoms with Crippen LogP contribution in [0, 0.1) is 0 Å². The molecular formula is C25H32N2O6. The van der Waals surface area contributed by atoms with Gasteiger partial charge in [-0.1, -0.05) is 39.8 Å². The smallest absolute Gasteiger partial charge is 0.338 e. The molecule has 8 heteroatoms. The number of amides is 2. The fourth-order valence-electron chi connectivity index (χ4n) is 2.68. The summed E-state index contributed by atoms with van der Waals surface area (Å²) >= 11 is 0. The van der Waals surface area contributed by atoms with E-state index in [0.29, 0.717) is 23.7 Å². The van der Waals surface area contributed by atoms with Crippen LogP contribution < -0.4 is 20.3 Å². The number of hydrazine groups is 1. The van der Waals surface area contributed by atoms with Gasteiger partial charge in [0.15, 0.2) is 13.2 Å². The first-order valence-electron chi connectivity index (χ1n) is 11.0. The maximum atomic E-state index is 11.9. The summed E-state index contributed by atoms with van der Waals surface area (Å²) in [6.07, 6.45) is 1.76. The average Bonchev–Trinajstić information content (AvgIpc) is 2.84. The Morgan fingerprint density at radius 3 is 1.73 bits per heavy atom. The molecule has 8 nitrogen and oxygen atoms in total. The van der Waals surface area contributed by atoms with Gasteiger partial charge in [-0.2, -0.15) is 0 Å². The van der Waals surface area contributed by atoms with E-state index in [1.54, 1.807) is 24.3 Å². The van der Waals surface area contributed by atoms with Crippen molar-refractivity contribution in [2.45, 2.75) is 46.0 Å². The Bertz CT molecular complexity index is 923. The van der Waals surface area contributed by atoms with Gasteiger partial charge in [0.25, 0.3) is 11.8 Å². The first-order chi connectivity index (χ1) is 15.7. The van der Waals surface area contributed by atoms with Crippen LogP contribution >= 0.6 is 0 Å². The largest absolute Gasteiger partial charge is 0.484 e. The maximum absolute atomic E-state index is 11.9. The molecule has 0 spiro atoms. The Balaban J connectivity index is 1.69. The first kappa shape index (κ1) is 25.7. The van der Waals surface area contributed by atoms with Gasteiger partial charge in [0.2, 0.25) is 0 Å². The Hall–Kier alpha value is -3.55. The Kier molecular flexibility index (Phi) is 9.72.